The lowest BCUT2D eigenvalue weighted by Crippen LogP contribution is -2.05. The van der Waals surface area contributed by atoms with E-state index in [9.17, 15) is 0 Å². The summed E-state index contributed by atoms with van der Waals surface area (Å²) in [6, 6.07) is 15.7. The van der Waals surface area contributed by atoms with Gasteiger partial charge < -0.3 is 19.5 Å². The highest BCUT2D eigenvalue weighted by atomic mass is 16.5. The number of hydrogen-bond acceptors (Lipinski definition) is 7. The molecule has 0 spiro atoms. The molecule has 160 valence electrons. The maximum Gasteiger partial charge on any atom is 0.243 e. The highest BCUT2D eigenvalue weighted by Crippen LogP contribution is 2.26. The van der Waals surface area contributed by atoms with Gasteiger partial charge in [0.1, 0.15) is 19.0 Å². The monoisotopic (exact) mass is 419 g/mol. The van der Waals surface area contributed by atoms with Gasteiger partial charge in [0.05, 0.1) is 6.61 Å². The van der Waals surface area contributed by atoms with E-state index in [1.807, 2.05) is 61.7 Å². The molecule has 0 unspecified atom stereocenters. The van der Waals surface area contributed by atoms with Crippen LogP contribution in [0.5, 0.6) is 11.6 Å². The summed E-state index contributed by atoms with van der Waals surface area (Å²) in [7, 11) is 1.64. The first-order valence-electron chi connectivity index (χ1n) is 10.2. The predicted octanol–water partition coefficient (Wildman–Crippen LogP) is 3.83. The molecule has 0 aliphatic carbocycles. The zero-order valence-electron chi connectivity index (χ0n) is 17.6. The number of fused-ring (bicyclic) bond motifs is 1. The van der Waals surface area contributed by atoms with Crippen molar-refractivity contribution in [1.82, 2.24) is 19.6 Å². The van der Waals surface area contributed by atoms with Crippen LogP contribution in [-0.2, 0) is 11.3 Å². The van der Waals surface area contributed by atoms with Crippen LogP contribution in [0, 0.1) is 0 Å². The van der Waals surface area contributed by atoms with E-state index in [1.165, 1.54) is 0 Å². The number of hydrogen-bond donors (Lipinski definition) is 1. The van der Waals surface area contributed by atoms with Gasteiger partial charge in [-0.2, -0.15) is 4.98 Å². The standard InChI is InChI=1S/C23H25N5O3/c1-3-24-23-26-22-20(5-4-12-28(22)27-23)18-7-9-19(10-8-18)31-16-17-6-11-21(25-15-17)30-14-13-29-2/h4-12,15H,3,13-14,16H2,1-2H3,(H,24,27). The highest BCUT2D eigenvalue weighted by Gasteiger charge is 2.09. The van der Waals surface area contributed by atoms with Crippen molar-refractivity contribution in [3.8, 4) is 22.8 Å². The summed E-state index contributed by atoms with van der Waals surface area (Å²) >= 11 is 0. The molecule has 0 fully saturated rings. The van der Waals surface area contributed by atoms with E-state index in [0.717, 1.165) is 34.6 Å². The van der Waals surface area contributed by atoms with Crippen molar-refractivity contribution in [1.29, 1.82) is 0 Å². The zero-order valence-corrected chi connectivity index (χ0v) is 17.6. The second-order valence-corrected chi connectivity index (χ2v) is 6.81. The SMILES string of the molecule is CCNc1nc2c(-c3ccc(OCc4ccc(OCCOC)nc4)cc3)cccn2n1. The normalized spacial score (nSPS) is 10.9. The topological polar surface area (TPSA) is 82.8 Å². The number of methoxy groups -OCH3 is 1. The maximum atomic E-state index is 5.90. The van der Waals surface area contributed by atoms with Crippen LogP contribution in [0.2, 0.25) is 0 Å². The fraction of sp³-hybridized carbons (Fsp3) is 0.261. The van der Waals surface area contributed by atoms with E-state index in [4.69, 9.17) is 14.2 Å². The Kier molecular flexibility index (Phi) is 6.59. The van der Waals surface area contributed by atoms with Crippen LogP contribution in [0.1, 0.15) is 12.5 Å². The molecule has 1 aromatic carbocycles. The Morgan fingerprint density at radius 3 is 2.61 bits per heavy atom. The molecule has 0 aliphatic heterocycles. The van der Waals surface area contributed by atoms with Gasteiger partial charge in [-0.05, 0) is 42.8 Å². The van der Waals surface area contributed by atoms with Gasteiger partial charge in [0.15, 0.2) is 5.65 Å². The van der Waals surface area contributed by atoms with Crippen molar-refractivity contribution in [3.05, 3.63) is 66.5 Å². The lowest BCUT2D eigenvalue weighted by Gasteiger charge is -2.09. The number of benzene rings is 1. The molecular weight excluding hydrogens is 394 g/mol. The van der Waals surface area contributed by atoms with Gasteiger partial charge in [-0.25, -0.2) is 9.50 Å². The zero-order chi connectivity index (χ0) is 21.5. The second-order valence-electron chi connectivity index (χ2n) is 6.81. The van der Waals surface area contributed by atoms with Crippen LogP contribution in [0.25, 0.3) is 16.8 Å². The Morgan fingerprint density at radius 1 is 1.00 bits per heavy atom. The van der Waals surface area contributed by atoms with Gasteiger partial charge >= 0.3 is 0 Å². The van der Waals surface area contributed by atoms with Crippen LogP contribution in [0.3, 0.4) is 0 Å². The average molecular weight is 419 g/mol. The van der Waals surface area contributed by atoms with E-state index >= 15 is 0 Å². The Labute approximate surface area is 180 Å². The molecule has 0 radical (unpaired) electrons. The van der Waals surface area contributed by atoms with Crippen molar-refractivity contribution in [2.45, 2.75) is 13.5 Å². The number of nitrogens with zero attached hydrogens (tertiary/aromatic N) is 4. The summed E-state index contributed by atoms with van der Waals surface area (Å²) in [4.78, 5) is 8.88. The van der Waals surface area contributed by atoms with Crippen LogP contribution in [-0.4, -0.2) is 46.5 Å². The fourth-order valence-electron chi connectivity index (χ4n) is 3.07. The number of rotatable bonds is 10. The minimum absolute atomic E-state index is 0.427. The van der Waals surface area contributed by atoms with Crippen molar-refractivity contribution < 1.29 is 14.2 Å². The number of aromatic nitrogens is 4. The Balaban J connectivity index is 1.40. The molecule has 3 aromatic heterocycles. The van der Waals surface area contributed by atoms with Crippen molar-refractivity contribution in [3.63, 3.8) is 0 Å². The van der Waals surface area contributed by atoms with Crippen LogP contribution >= 0.6 is 0 Å². The van der Waals surface area contributed by atoms with Gasteiger partial charge in [0.25, 0.3) is 0 Å². The molecule has 1 N–H and O–H groups in total. The second kappa shape index (κ2) is 9.90. The molecule has 31 heavy (non-hydrogen) atoms. The summed E-state index contributed by atoms with van der Waals surface area (Å²) in [5.41, 5.74) is 3.84. The van der Waals surface area contributed by atoms with E-state index in [0.29, 0.717) is 31.6 Å². The van der Waals surface area contributed by atoms with E-state index in [-0.39, 0.29) is 0 Å². The summed E-state index contributed by atoms with van der Waals surface area (Å²) in [6.45, 7) is 4.23. The molecule has 0 saturated heterocycles. The first-order chi connectivity index (χ1) is 15.3. The predicted molar refractivity (Wildman–Crippen MR) is 119 cm³/mol. The smallest absolute Gasteiger partial charge is 0.243 e. The highest BCUT2D eigenvalue weighted by molar-refractivity contribution is 5.78. The van der Waals surface area contributed by atoms with Gasteiger partial charge in [-0.15, -0.1) is 5.10 Å². The molecule has 3 heterocycles. The average Bonchev–Trinajstić information content (AvgIpc) is 3.22. The quantitative estimate of drug-likeness (QED) is 0.391. The third-order valence-electron chi connectivity index (χ3n) is 4.60. The first-order valence-corrected chi connectivity index (χ1v) is 10.2. The summed E-state index contributed by atoms with van der Waals surface area (Å²) in [5, 5.41) is 7.60. The largest absolute Gasteiger partial charge is 0.489 e. The number of anilines is 1. The molecule has 8 heteroatoms. The maximum absolute atomic E-state index is 5.90. The van der Waals surface area contributed by atoms with Gasteiger partial charge in [-0.3, -0.25) is 0 Å². The van der Waals surface area contributed by atoms with E-state index in [2.05, 4.69) is 20.4 Å². The van der Waals surface area contributed by atoms with E-state index in [1.54, 1.807) is 17.8 Å². The number of ether oxygens (including phenoxy) is 3. The first kappa shape index (κ1) is 20.6. The molecule has 0 atom stereocenters. The molecular formula is C23H25N5O3. The molecule has 4 rings (SSSR count). The fourth-order valence-corrected chi connectivity index (χ4v) is 3.07. The van der Waals surface area contributed by atoms with Crippen LogP contribution < -0.4 is 14.8 Å². The lowest BCUT2D eigenvalue weighted by atomic mass is 10.1. The number of pyridine rings is 2. The third kappa shape index (κ3) is 5.10. The van der Waals surface area contributed by atoms with Gasteiger partial charge in [-0.1, -0.05) is 12.1 Å². The molecule has 0 aliphatic rings. The Morgan fingerprint density at radius 2 is 1.87 bits per heavy atom. The Bertz CT molecular complexity index is 1110. The molecule has 0 amide bonds. The van der Waals surface area contributed by atoms with Crippen molar-refractivity contribution >= 4 is 11.6 Å². The van der Waals surface area contributed by atoms with Crippen molar-refractivity contribution in [2.24, 2.45) is 0 Å². The Hall–Kier alpha value is -3.65. The molecule has 8 nitrogen and oxygen atoms in total. The van der Waals surface area contributed by atoms with Crippen molar-refractivity contribution in [2.75, 3.05) is 32.2 Å². The van der Waals surface area contributed by atoms with Crippen LogP contribution in [0.4, 0.5) is 5.95 Å². The minimum atomic E-state index is 0.427. The van der Waals surface area contributed by atoms with Gasteiger partial charge in [0.2, 0.25) is 11.8 Å². The van der Waals surface area contributed by atoms with Gasteiger partial charge in [0, 0.05) is 43.2 Å². The summed E-state index contributed by atoms with van der Waals surface area (Å²) in [6.07, 6.45) is 3.65. The minimum Gasteiger partial charge on any atom is -0.489 e. The molecule has 0 saturated carbocycles. The molecule has 0 bridgehead atoms. The summed E-state index contributed by atoms with van der Waals surface area (Å²) < 4.78 is 18.1. The van der Waals surface area contributed by atoms with Crippen LogP contribution in [0.15, 0.2) is 60.9 Å². The molecule has 4 aromatic rings. The lowest BCUT2D eigenvalue weighted by molar-refractivity contribution is 0.143. The third-order valence-corrected chi connectivity index (χ3v) is 4.60. The summed E-state index contributed by atoms with van der Waals surface area (Å²) in [5.74, 6) is 1.98. The number of nitrogens with one attached hydrogen (secondary N) is 1. The van der Waals surface area contributed by atoms with E-state index < -0.39 is 0 Å².